The van der Waals surface area contributed by atoms with Crippen LogP contribution in [-0.2, 0) is 11.5 Å². The SMILES string of the molecule is CC(C)COCn1cc(S)nn1. The van der Waals surface area contributed by atoms with Crippen molar-refractivity contribution in [1.82, 2.24) is 15.0 Å². The molecule has 0 atom stereocenters. The zero-order chi connectivity index (χ0) is 8.97. The number of thiol groups is 1. The number of aromatic nitrogens is 3. The van der Waals surface area contributed by atoms with E-state index in [0.717, 1.165) is 6.61 Å². The molecule has 0 aliphatic carbocycles. The van der Waals surface area contributed by atoms with Crippen LogP contribution in [0.25, 0.3) is 0 Å². The lowest BCUT2D eigenvalue weighted by Crippen LogP contribution is -2.07. The zero-order valence-electron chi connectivity index (χ0n) is 7.27. The summed E-state index contributed by atoms with van der Waals surface area (Å²) in [6.45, 7) is 5.39. The van der Waals surface area contributed by atoms with E-state index in [-0.39, 0.29) is 0 Å². The number of hydrogen-bond acceptors (Lipinski definition) is 4. The molecule has 0 N–H and O–H groups in total. The number of nitrogens with zero attached hydrogens (tertiary/aromatic N) is 3. The summed E-state index contributed by atoms with van der Waals surface area (Å²) in [6.07, 6.45) is 1.73. The molecule has 5 heteroatoms. The second-order valence-electron chi connectivity index (χ2n) is 3.01. The molecule has 1 rings (SSSR count). The van der Waals surface area contributed by atoms with Gasteiger partial charge in [-0.05, 0) is 5.92 Å². The van der Waals surface area contributed by atoms with Crippen LogP contribution in [0.4, 0.5) is 0 Å². The van der Waals surface area contributed by atoms with E-state index in [4.69, 9.17) is 4.74 Å². The number of rotatable bonds is 4. The van der Waals surface area contributed by atoms with Gasteiger partial charge in [0.15, 0.2) is 0 Å². The Hall–Kier alpha value is -0.550. The topological polar surface area (TPSA) is 39.9 Å². The Morgan fingerprint density at radius 3 is 2.92 bits per heavy atom. The molecular formula is C7H13N3OS. The molecule has 0 radical (unpaired) electrons. The van der Waals surface area contributed by atoms with Crippen LogP contribution in [0.3, 0.4) is 0 Å². The Morgan fingerprint density at radius 2 is 2.42 bits per heavy atom. The largest absolute Gasteiger partial charge is 0.359 e. The third kappa shape index (κ3) is 3.23. The fourth-order valence-electron chi connectivity index (χ4n) is 0.733. The Bertz CT molecular complexity index is 236. The van der Waals surface area contributed by atoms with Crippen molar-refractivity contribution in [3.05, 3.63) is 6.20 Å². The smallest absolute Gasteiger partial charge is 0.141 e. The van der Waals surface area contributed by atoms with Crippen molar-refractivity contribution in [2.45, 2.75) is 25.6 Å². The lowest BCUT2D eigenvalue weighted by molar-refractivity contribution is 0.0493. The summed E-state index contributed by atoms with van der Waals surface area (Å²) in [4.78, 5) is 0. The highest BCUT2D eigenvalue weighted by atomic mass is 32.1. The highest BCUT2D eigenvalue weighted by Gasteiger charge is 1.96. The highest BCUT2D eigenvalue weighted by molar-refractivity contribution is 7.80. The highest BCUT2D eigenvalue weighted by Crippen LogP contribution is 1.98. The van der Waals surface area contributed by atoms with Gasteiger partial charge in [-0.15, -0.1) is 17.7 Å². The van der Waals surface area contributed by atoms with Gasteiger partial charge in [-0.25, -0.2) is 4.68 Å². The van der Waals surface area contributed by atoms with Crippen molar-refractivity contribution in [1.29, 1.82) is 0 Å². The Balaban J connectivity index is 2.24. The van der Waals surface area contributed by atoms with Crippen molar-refractivity contribution < 1.29 is 4.74 Å². The van der Waals surface area contributed by atoms with E-state index >= 15 is 0 Å². The molecule has 4 nitrogen and oxygen atoms in total. The Kier molecular flexibility index (Phi) is 3.55. The summed E-state index contributed by atoms with van der Waals surface area (Å²) in [5, 5.41) is 8.10. The van der Waals surface area contributed by atoms with E-state index < -0.39 is 0 Å². The van der Waals surface area contributed by atoms with Gasteiger partial charge in [0.25, 0.3) is 0 Å². The molecule has 0 aliphatic rings. The van der Waals surface area contributed by atoms with Crippen molar-refractivity contribution in [3.8, 4) is 0 Å². The normalized spacial score (nSPS) is 11.0. The number of ether oxygens (including phenoxy) is 1. The minimum absolute atomic E-state index is 0.450. The van der Waals surface area contributed by atoms with E-state index in [9.17, 15) is 0 Å². The second-order valence-corrected chi connectivity index (χ2v) is 3.47. The Morgan fingerprint density at radius 1 is 1.67 bits per heavy atom. The van der Waals surface area contributed by atoms with Gasteiger partial charge >= 0.3 is 0 Å². The summed E-state index contributed by atoms with van der Waals surface area (Å²) in [7, 11) is 0. The molecule has 1 aromatic heterocycles. The predicted octanol–water partition coefficient (Wildman–Crippen LogP) is 1.20. The molecule has 12 heavy (non-hydrogen) atoms. The van der Waals surface area contributed by atoms with Crippen LogP contribution in [0.15, 0.2) is 11.2 Å². The van der Waals surface area contributed by atoms with Crippen LogP contribution < -0.4 is 0 Å². The molecule has 0 fully saturated rings. The van der Waals surface area contributed by atoms with Gasteiger partial charge in [0, 0.05) is 0 Å². The maximum Gasteiger partial charge on any atom is 0.141 e. The van der Waals surface area contributed by atoms with Gasteiger partial charge in [0.1, 0.15) is 11.8 Å². The van der Waals surface area contributed by atoms with E-state index in [0.29, 0.717) is 17.7 Å². The molecule has 0 bridgehead atoms. The molecule has 0 spiro atoms. The van der Waals surface area contributed by atoms with Gasteiger partial charge < -0.3 is 4.74 Å². The summed E-state index contributed by atoms with van der Waals surface area (Å²) in [5.41, 5.74) is 0. The monoisotopic (exact) mass is 187 g/mol. The average Bonchev–Trinajstić information content (AvgIpc) is 2.35. The first-order valence-corrected chi connectivity index (χ1v) is 4.30. The van der Waals surface area contributed by atoms with Crippen molar-refractivity contribution >= 4 is 12.6 Å². The van der Waals surface area contributed by atoms with Crippen LogP contribution >= 0.6 is 12.6 Å². The lowest BCUT2D eigenvalue weighted by atomic mass is 10.2. The third-order valence-corrected chi connectivity index (χ3v) is 1.41. The second kappa shape index (κ2) is 4.47. The van der Waals surface area contributed by atoms with Gasteiger partial charge in [-0.3, -0.25) is 0 Å². The zero-order valence-corrected chi connectivity index (χ0v) is 8.16. The summed E-state index contributed by atoms with van der Waals surface area (Å²) < 4.78 is 6.94. The van der Waals surface area contributed by atoms with E-state index in [1.807, 2.05) is 0 Å². The maximum absolute atomic E-state index is 5.32. The first-order valence-electron chi connectivity index (χ1n) is 3.85. The predicted molar refractivity (Wildman–Crippen MR) is 48.1 cm³/mol. The summed E-state index contributed by atoms with van der Waals surface area (Å²) in [6, 6.07) is 0. The number of hydrogen-bond donors (Lipinski definition) is 1. The molecule has 68 valence electrons. The van der Waals surface area contributed by atoms with E-state index in [1.54, 1.807) is 10.9 Å². The molecule has 0 aromatic carbocycles. The standard InChI is InChI=1S/C7H13N3OS/c1-6(2)4-11-5-10-3-7(12)8-9-10/h3,6,12H,4-5H2,1-2H3. The van der Waals surface area contributed by atoms with Crippen LogP contribution in [0.5, 0.6) is 0 Å². The van der Waals surface area contributed by atoms with E-state index in [1.165, 1.54) is 0 Å². The van der Waals surface area contributed by atoms with Crippen molar-refractivity contribution in [2.75, 3.05) is 6.61 Å². The quantitative estimate of drug-likeness (QED) is 0.720. The van der Waals surface area contributed by atoms with E-state index in [2.05, 4.69) is 36.8 Å². The van der Waals surface area contributed by atoms with Gasteiger partial charge in [0.05, 0.1) is 12.8 Å². The molecule has 1 aromatic rings. The molecule has 0 saturated heterocycles. The van der Waals surface area contributed by atoms with Gasteiger partial charge in [0.2, 0.25) is 0 Å². The van der Waals surface area contributed by atoms with Gasteiger partial charge in [-0.2, -0.15) is 0 Å². The fourth-order valence-corrected chi connectivity index (χ4v) is 0.907. The van der Waals surface area contributed by atoms with Crippen molar-refractivity contribution in [3.63, 3.8) is 0 Å². The minimum atomic E-state index is 0.450. The molecule has 0 amide bonds. The van der Waals surface area contributed by atoms with Crippen molar-refractivity contribution in [2.24, 2.45) is 5.92 Å². The van der Waals surface area contributed by atoms with Crippen LogP contribution in [0.2, 0.25) is 0 Å². The summed E-state index contributed by atoms with van der Waals surface area (Å²) >= 11 is 4.02. The first kappa shape index (κ1) is 9.54. The molecule has 0 saturated carbocycles. The van der Waals surface area contributed by atoms with Crippen LogP contribution in [0, 0.1) is 5.92 Å². The fraction of sp³-hybridized carbons (Fsp3) is 0.714. The molecule has 0 aliphatic heterocycles. The van der Waals surface area contributed by atoms with Crippen LogP contribution in [-0.4, -0.2) is 21.6 Å². The maximum atomic E-state index is 5.32. The first-order chi connectivity index (χ1) is 5.68. The lowest BCUT2D eigenvalue weighted by Gasteiger charge is -2.05. The van der Waals surface area contributed by atoms with Crippen LogP contribution in [0.1, 0.15) is 13.8 Å². The Labute approximate surface area is 77.3 Å². The van der Waals surface area contributed by atoms with Gasteiger partial charge in [-0.1, -0.05) is 19.1 Å². The molecule has 1 heterocycles. The summed E-state index contributed by atoms with van der Waals surface area (Å²) in [5.74, 6) is 0.545. The molecule has 0 unspecified atom stereocenters. The minimum Gasteiger partial charge on any atom is -0.359 e. The average molecular weight is 187 g/mol. The third-order valence-electron chi connectivity index (χ3n) is 1.20. The molecular weight excluding hydrogens is 174 g/mol.